The van der Waals surface area contributed by atoms with Gasteiger partial charge in [0.15, 0.2) is 33.0 Å². The second-order valence-electron chi connectivity index (χ2n) is 8.65. The summed E-state index contributed by atoms with van der Waals surface area (Å²) in [5.41, 5.74) is -1.51. The third-order valence-corrected chi connectivity index (χ3v) is 8.29. The average Bonchev–Trinajstić information content (AvgIpc) is 3.04. The van der Waals surface area contributed by atoms with Crippen LogP contribution in [0.3, 0.4) is 0 Å². The molecule has 1 N–H and O–H groups in total. The summed E-state index contributed by atoms with van der Waals surface area (Å²) in [6, 6.07) is 9.72. The Hall–Kier alpha value is -3.43. The second-order valence-corrected chi connectivity index (χ2v) is 9.89. The highest BCUT2D eigenvalue weighted by Crippen LogP contribution is 2.61. The lowest BCUT2D eigenvalue weighted by Crippen LogP contribution is -2.54. The van der Waals surface area contributed by atoms with Crippen molar-refractivity contribution < 1.29 is 36.6 Å². The molecule has 4 nitrogen and oxygen atoms in total. The molecule has 3 unspecified atom stereocenters. The van der Waals surface area contributed by atoms with E-state index in [1.807, 2.05) is 0 Å². The quantitative estimate of drug-likeness (QED) is 0.135. The number of nitrogens with zero attached hydrogens (tertiary/aromatic N) is 1. The van der Waals surface area contributed by atoms with Crippen LogP contribution in [-0.2, 0) is 9.59 Å². The molecule has 1 aliphatic carbocycles. The molecule has 3 aromatic rings. The number of amides is 2. The second kappa shape index (κ2) is 8.29. The van der Waals surface area contributed by atoms with Crippen molar-refractivity contribution in [3.63, 3.8) is 0 Å². The summed E-state index contributed by atoms with van der Waals surface area (Å²) in [6.07, 6.45) is 2.27. The maximum absolute atomic E-state index is 14.7. The van der Waals surface area contributed by atoms with Crippen LogP contribution in [0.2, 0.25) is 0 Å². The van der Waals surface area contributed by atoms with Crippen molar-refractivity contribution in [3.05, 3.63) is 95.4 Å². The van der Waals surface area contributed by atoms with Gasteiger partial charge in [-0.25, -0.2) is 26.9 Å². The molecule has 2 aliphatic rings. The molecule has 3 atom stereocenters. The van der Waals surface area contributed by atoms with Gasteiger partial charge in [-0.1, -0.05) is 55.1 Å². The minimum absolute atomic E-state index is 0.0324. The van der Waals surface area contributed by atoms with E-state index in [9.17, 15) is 36.6 Å². The molecule has 3 aromatic carbocycles. The van der Waals surface area contributed by atoms with Gasteiger partial charge >= 0.3 is 0 Å². The van der Waals surface area contributed by atoms with Gasteiger partial charge in [-0.2, -0.15) is 0 Å². The predicted octanol–water partition coefficient (Wildman–Crippen LogP) is 6.37. The van der Waals surface area contributed by atoms with Crippen LogP contribution in [0.1, 0.15) is 17.9 Å². The Morgan fingerprint density at radius 3 is 2.14 bits per heavy atom. The van der Waals surface area contributed by atoms with Crippen molar-refractivity contribution in [1.82, 2.24) is 0 Å². The Morgan fingerprint density at radius 2 is 1.51 bits per heavy atom. The first-order valence-electron chi connectivity index (χ1n) is 10.7. The number of carbonyl (C=O) groups is 2. The summed E-state index contributed by atoms with van der Waals surface area (Å²) in [5.74, 6) is -16.7. The zero-order valence-corrected chi connectivity index (χ0v) is 20.0. The van der Waals surface area contributed by atoms with Crippen LogP contribution < -0.4 is 4.90 Å². The summed E-state index contributed by atoms with van der Waals surface area (Å²) in [6.45, 7) is 3.68. The van der Waals surface area contributed by atoms with Gasteiger partial charge in [0, 0.05) is 16.9 Å². The van der Waals surface area contributed by atoms with E-state index >= 15 is 0 Å². The molecule has 1 heterocycles. The number of aromatic hydroxyl groups is 1. The number of hydrogen-bond donors (Lipinski definition) is 1. The lowest BCUT2D eigenvalue weighted by atomic mass is 9.68. The molecule has 1 saturated heterocycles. The van der Waals surface area contributed by atoms with E-state index < -0.39 is 68.7 Å². The van der Waals surface area contributed by atoms with Crippen LogP contribution in [0, 0.1) is 29.1 Å². The summed E-state index contributed by atoms with van der Waals surface area (Å²) >= 11 is 13.5. The van der Waals surface area contributed by atoms with Gasteiger partial charge in [-0.15, -0.1) is 23.2 Å². The van der Waals surface area contributed by atoms with Crippen LogP contribution in [0.25, 0.3) is 10.8 Å². The molecular weight excluding hydrogens is 540 g/mol. The molecule has 0 aromatic heterocycles. The number of allylic oxidation sites excluding steroid dienone is 3. The maximum Gasteiger partial charge on any atom is 0.258 e. The van der Waals surface area contributed by atoms with Crippen molar-refractivity contribution in [1.29, 1.82) is 0 Å². The number of phenolic OH excluding ortho intramolecular Hbond substituents is 1. The monoisotopic (exact) mass is 553 g/mol. The van der Waals surface area contributed by atoms with Crippen LogP contribution in [0.4, 0.5) is 27.6 Å². The van der Waals surface area contributed by atoms with Crippen molar-refractivity contribution in [2.24, 2.45) is 0 Å². The van der Waals surface area contributed by atoms with E-state index in [0.717, 1.165) is 0 Å². The average molecular weight is 554 g/mol. The van der Waals surface area contributed by atoms with Gasteiger partial charge in [0.25, 0.3) is 11.8 Å². The number of rotatable bonds is 3. The molecule has 11 heteroatoms. The summed E-state index contributed by atoms with van der Waals surface area (Å²) < 4.78 is 71.1. The molecule has 1 aliphatic heterocycles. The maximum atomic E-state index is 14.7. The van der Waals surface area contributed by atoms with Crippen molar-refractivity contribution in [2.75, 3.05) is 4.90 Å². The van der Waals surface area contributed by atoms with Gasteiger partial charge < -0.3 is 5.11 Å². The number of anilines is 1. The number of benzene rings is 3. The zero-order valence-electron chi connectivity index (χ0n) is 18.5. The molecule has 37 heavy (non-hydrogen) atoms. The van der Waals surface area contributed by atoms with Gasteiger partial charge in [0.05, 0.1) is 0 Å². The highest BCUT2D eigenvalue weighted by molar-refractivity contribution is 6.58. The summed E-state index contributed by atoms with van der Waals surface area (Å²) in [4.78, 5) is 22.1. The van der Waals surface area contributed by atoms with Gasteiger partial charge in [-0.05, 0) is 17.4 Å². The highest BCUT2D eigenvalue weighted by Gasteiger charge is 2.74. The van der Waals surface area contributed by atoms with E-state index in [0.29, 0.717) is 10.8 Å². The molecule has 1 fully saturated rings. The van der Waals surface area contributed by atoms with E-state index in [4.69, 9.17) is 23.2 Å². The number of imide groups is 1. The molecule has 0 saturated carbocycles. The Bertz CT molecular complexity index is 1560. The minimum Gasteiger partial charge on any atom is -0.507 e. The summed E-state index contributed by atoms with van der Waals surface area (Å²) in [5, 5.41) is 12.1. The van der Waals surface area contributed by atoms with Crippen LogP contribution in [0.15, 0.2) is 60.7 Å². The number of fused-ring (bicyclic) bond motifs is 2. The minimum atomic E-state index is -2.55. The van der Waals surface area contributed by atoms with Gasteiger partial charge in [0.2, 0.25) is 5.82 Å². The largest absolute Gasteiger partial charge is 0.507 e. The van der Waals surface area contributed by atoms with Crippen LogP contribution in [0.5, 0.6) is 5.75 Å². The fraction of sp³-hybridized carbons (Fsp3) is 0.154. The number of halogens is 7. The fourth-order valence-corrected chi connectivity index (χ4v) is 5.88. The standard InChI is InChI=1S/C26H14Cl2F5NO3/c1-2-11-9-10-25(27)23(36)34(21-19(32)17(30)16(29)18(31)20(21)33)24(37)26(25,28)15(11)14-8-7-12-5-3-4-6-13(12)22(14)35/h2-9,15,35H,1,10H2. The van der Waals surface area contributed by atoms with E-state index in [1.54, 1.807) is 30.3 Å². The van der Waals surface area contributed by atoms with Gasteiger partial charge in [-0.3, -0.25) is 9.59 Å². The highest BCUT2D eigenvalue weighted by atomic mass is 35.5. The van der Waals surface area contributed by atoms with Gasteiger partial charge in [0.1, 0.15) is 11.4 Å². The normalized spacial score (nSPS) is 25.4. The van der Waals surface area contributed by atoms with E-state index in [1.165, 1.54) is 18.2 Å². The third-order valence-electron chi connectivity index (χ3n) is 6.87. The molecule has 2 amide bonds. The SMILES string of the molecule is C=CC1=CCC2(Cl)C(=O)N(c3c(F)c(F)c(F)c(F)c3F)C(=O)C2(Cl)C1c1ccc2ccccc2c1O. The molecule has 190 valence electrons. The first-order valence-corrected chi connectivity index (χ1v) is 11.5. The van der Waals surface area contributed by atoms with Crippen molar-refractivity contribution >= 4 is 51.5 Å². The van der Waals surface area contributed by atoms with Crippen LogP contribution >= 0.6 is 23.2 Å². The zero-order chi connectivity index (χ0) is 27.0. The lowest BCUT2D eigenvalue weighted by Gasteiger charge is -2.42. The molecular formula is C26H14Cl2F5NO3. The van der Waals surface area contributed by atoms with E-state index in [2.05, 4.69) is 6.58 Å². The number of carbonyl (C=O) groups excluding carboxylic acids is 2. The first-order chi connectivity index (χ1) is 17.4. The molecule has 0 bridgehead atoms. The summed E-state index contributed by atoms with van der Waals surface area (Å²) in [7, 11) is 0. The smallest absolute Gasteiger partial charge is 0.258 e. The van der Waals surface area contributed by atoms with Crippen molar-refractivity contribution in [2.45, 2.75) is 22.1 Å². The van der Waals surface area contributed by atoms with Crippen molar-refractivity contribution in [3.8, 4) is 5.75 Å². The first kappa shape index (κ1) is 25.2. The number of phenols is 1. The Labute approximate surface area is 216 Å². The van der Waals surface area contributed by atoms with E-state index in [-0.39, 0.29) is 21.8 Å². The Kier molecular flexibility index (Phi) is 5.65. The topological polar surface area (TPSA) is 57.6 Å². The fourth-order valence-electron chi connectivity index (χ4n) is 5.04. The number of hydrogen-bond acceptors (Lipinski definition) is 3. The lowest BCUT2D eigenvalue weighted by molar-refractivity contribution is -0.122. The predicted molar refractivity (Wildman–Crippen MR) is 127 cm³/mol. The Balaban J connectivity index is 1.79. The number of alkyl halides is 2. The Morgan fingerprint density at radius 1 is 0.919 bits per heavy atom. The third kappa shape index (κ3) is 3.07. The molecule has 0 spiro atoms. The molecule has 5 rings (SSSR count). The molecule has 0 radical (unpaired) electrons. The van der Waals surface area contributed by atoms with Crippen LogP contribution in [-0.4, -0.2) is 26.7 Å².